The van der Waals surface area contributed by atoms with Gasteiger partial charge in [-0.25, -0.2) is 0 Å². The maximum atomic E-state index is 2.50. The molecule has 160 valence electrons. The number of benzene rings is 6. The maximum absolute atomic E-state index is 2.50. The number of hydrogen-bond acceptors (Lipinski definition) is 0. The van der Waals surface area contributed by atoms with Crippen LogP contribution in [-0.4, -0.2) is 8.07 Å². The van der Waals surface area contributed by atoms with E-state index in [0.29, 0.717) is 0 Å². The molecule has 0 bridgehead atoms. The molecule has 1 heterocycles. The average Bonchev–Trinajstić information content (AvgIpc) is 3.19. The second kappa shape index (κ2) is 7.28. The van der Waals surface area contributed by atoms with Crippen LogP contribution in [0.3, 0.4) is 0 Å². The van der Waals surface area contributed by atoms with Crippen molar-refractivity contribution in [1.29, 1.82) is 0 Å². The number of fused-ring (bicyclic) bond motifs is 6. The SMILES string of the molecule is Cc1ccc([Si]2(c3ccccc3)c3cc4ccccc4cc3-c3c2ccc2ccccc32)cc1. The molecule has 1 aliphatic heterocycles. The van der Waals surface area contributed by atoms with Crippen molar-refractivity contribution in [2.75, 3.05) is 0 Å². The predicted molar refractivity (Wildman–Crippen MR) is 149 cm³/mol. The Morgan fingerprint density at radius 3 is 1.85 bits per heavy atom. The third-order valence-electron chi connectivity index (χ3n) is 7.58. The normalized spacial score (nSPS) is 16.5. The van der Waals surface area contributed by atoms with Crippen LogP contribution >= 0.6 is 0 Å². The lowest BCUT2D eigenvalue weighted by atomic mass is 9.96. The van der Waals surface area contributed by atoms with Crippen LogP contribution < -0.4 is 20.7 Å². The van der Waals surface area contributed by atoms with Gasteiger partial charge in [-0.2, -0.15) is 0 Å². The van der Waals surface area contributed by atoms with Gasteiger partial charge in [0.15, 0.2) is 8.07 Å². The van der Waals surface area contributed by atoms with Crippen molar-refractivity contribution in [2.24, 2.45) is 0 Å². The molecule has 1 heteroatoms. The summed E-state index contributed by atoms with van der Waals surface area (Å²) in [7, 11) is -2.48. The van der Waals surface area contributed by atoms with Crippen LogP contribution in [0.1, 0.15) is 5.56 Å². The molecule has 1 aliphatic rings. The van der Waals surface area contributed by atoms with Gasteiger partial charge in [0, 0.05) is 0 Å². The summed E-state index contributed by atoms with van der Waals surface area (Å²) in [6.07, 6.45) is 0. The standard InChI is InChI=1S/C33H24Si/c1-23-15-18-28(19-16-23)34(27-12-3-2-4-13-27)31-20-17-24-9-7-8-14-29(24)33(31)30-21-25-10-5-6-11-26(25)22-32(30)34/h2-22H,1H3. The van der Waals surface area contributed by atoms with Gasteiger partial charge in [-0.1, -0.05) is 127 Å². The van der Waals surface area contributed by atoms with E-state index in [4.69, 9.17) is 0 Å². The van der Waals surface area contributed by atoms with E-state index in [2.05, 4.69) is 134 Å². The molecule has 0 saturated carbocycles. The van der Waals surface area contributed by atoms with E-state index in [1.807, 2.05) is 0 Å². The number of rotatable bonds is 2. The Morgan fingerprint density at radius 1 is 0.471 bits per heavy atom. The molecule has 0 spiro atoms. The summed E-state index contributed by atoms with van der Waals surface area (Å²) in [5, 5.41) is 11.2. The average molecular weight is 449 g/mol. The molecule has 0 aliphatic carbocycles. The smallest absolute Gasteiger partial charge is 0.0623 e. The van der Waals surface area contributed by atoms with E-state index in [0.717, 1.165) is 0 Å². The molecule has 7 rings (SSSR count). The van der Waals surface area contributed by atoms with E-state index in [-0.39, 0.29) is 0 Å². The van der Waals surface area contributed by atoms with Gasteiger partial charge < -0.3 is 0 Å². The highest BCUT2D eigenvalue weighted by Crippen LogP contribution is 2.36. The molecular formula is C33H24Si. The molecule has 0 fully saturated rings. The van der Waals surface area contributed by atoms with Crippen LogP contribution in [0.4, 0.5) is 0 Å². The summed E-state index contributed by atoms with van der Waals surface area (Å²) < 4.78 is 0. The number of hydrogen-bond donors (Lipinski definition) is 0. The van der Waals surface area contributed by atoms with Crippen LogP contribution in [0.15, 0.2) is 127 Å². The van der Waals surface area contributed by atoms with Gasteiger partial charge in [0.2, 0.25) is 0 Å². The van der Waals surface area contributed by atoms with Crippen molar-refractivity contribution in [3.63, 3.8) is 0 Å². The van der Waals surface area contributed by atoms with E-state index < -0.39 is 8.07 Å². The molecule has 0 saturated heterocycles. The first-order chi connectivity index (χ1) is 16.8. The zero-order valence-electron chi connectivity index (χ0n) is 19.1. The van der Waals surface area contributed by atoms with Gasteiger partial charge in [-0.3, -0.25) is 0 Å². The lowest BCUT2D eigenvalue weighted by Gasteiger charge is -2.31. The van der Waals surface area contributed by atoms with Crippen molar-refractivity contribution in [1.82, 2.24) is 0 Å². The van der Waals surface area contributed by atoms with E-state index in [1.54, 1.807) is 0 Å². The Morgan fingerprint density at radius 2 is 1.09 bits per heavy atom. The first-order valence-electron chi connectivity index (χ1n) is 12.0. The van der Waals surface area contributed by atoms with Gasteiger partial charge in [0.25, 0.3) is 0 Å². The van der Waals surface area contributed by atoms with Crippen molar-refractivity contribution in [3.05, 3.63) is 133 Å². The van der Waals surface area contributed by atoms with Crippen LogP contribution in [-0.2, 0) is 0 Å². The highest BCUT2D eigenvalue weighted by molar-refractivity contribution is 7.22. The summed E-state index contributed by atoms with van der Waals surface area (Å²) in [6.45, 7) is 2.18. The van der Waals surface area contributed by atoms with Crippen LogP contribution in [0.5, 0.6) is 0 Å². The maximum Gasteiger partial charge on any atom is 0.180 e. The summed E-state index contributed by atoms with van der Waals surface area (Å²) in [5.41, 5.74) is 4.13. The summed E-state index contributed by atoms with van der Waals surface area (Å²) >= 11 is 0. The first-order valence-corrected chi connectivity index (χ1v) is 14.0. The third-order valence-corrected chi connectivity index (χ3v) is 12.4. The topological polar surface area (TPSA) is 0 Å². The van der Waals surface area contributed by atoms with Crippen molar-refractivity contribution >= 4 is 50.4 Å². The van der Waals surface area contributed by atoms with Gasteiger partial charge in [0.1, 0.15) is 0 Å². The van der Waals surface area contributed by atoms with Gasteiger partial charge in [-0.05, 0) is 66.4 Å². The molecule has 0 N–H and O–H groups in total. The minimum Gasteiger partial charge on any atom is -0.0623 e. The van der Waals surface area contributed by atoms with Gasteiger partial charge >= 0.3 is 0 Å². The van der Waals surface area contributed by atoms with E-state index in [1.165, 1.54) is 59.0 Å². The minimum atomic E-state index is -2.48. The van der Waals surface area contributed by atoms with Crippen molar-refractivity contribution in [2.45, 2.75) is 6.92 Å². The quantitative estimate of drug-likeness (QED) is 0.299. The molecule has 6 aromatic carbocycles. The van der Waals surface area contributed by atoms with Gasteiger partial charge in [0.05, 0.1) is 0 Å². The summed E-state index contributed by atoms with van der Waals surface area (Å²) in [4.78, 5) is 0. The molecule has 1 unspecified atom stereocenters. The Balaban J connectivity index is 1.73. The third kappa shape index (κ3) is 2.59. The minimum absolute atomic E-state index is 1.30. The molecular weight excluding hydrogens is 424 g/mol. The highest BCUT2D eigenvalue weighted by Gasteiger charge is 2.49. The molecule has 0 nitrogen and oxygen atoms in total. The summed E-state index contributed by atoms with van der Waals surface area (Å²) in [6, 6.07) is 48.0. The van der Waals surface area contributed by atoms with E-state index >= 15 is 0 Å². The lowest BCUT2D eigenvalue weighted by molar-refractivity contribution is 1.49. The zero-order valence-corrected chi connectivity index (χ0v) is 20.1. The molecule has 34 heavy (non-hydrogen) atoms. The van der Waals surface area contributed by atoms with Gasteiger partial charge in [-0.15, -0.1) is 0 Å². The Hall–Kier alpha value is -3.94. The Kier molecular flexibility index (Phi) is 4.18. The van der Waals surface area contributed by atoms with Crippen LogP contribution in [0.25, 0.3) is 32.7 Å². The molecule has 0 amide bonds. The molecule has 1 atom stereocenters. The first kappa shape index (κ1) is 19.5. The fourth-order valence-electron chi connectivity index (χ4n) is 6.06. The largest absolute Gasteiger partial charge is 0.180 e. The summed E-state index contributed by atoms with van der Waals surface area (Å²) in [5.74, 6) is 0. The fourth-order valence-corrected chi connectivity index (χ4v) is 11.2. The van der Waals surface area contributed by atoms with Crippen molar-refractivity contribution in [3.8, 4) is 11.1 Å². The zero-order chi connectivity index (χ0) is 22.7. The van der Waals surface area contributed by atoms with Crippen LogP contribution in [0.2, 0.25) is 0 Å². The fraction of sp³-hybridized carbons (Fsp3) is 0.0303. The Bertz CT molecular complexity index is 1700. The lowest BCUT2D eigenvalue weighted by Crippen LogP contribution is -2.72. The highest BCUT2D eigenvalue weighted by atomic mass is 28.3. The molecule has 0 aromatic heterocycles. The van der Waals surface area contributed by atoms with E-state index in [9.17, 15) is 0 Å². The molecule has 6 aromatic rings. The van der Waals surface area contributed by atoms with Crippen molar-refractivity contribution < 1.29 is 0 Å². The second-order valence-corrected chi connectivity index (χ2v) is 13.2. The Labute approximate surface area is 201 Å². The number of aryl methyl sites for hydroxylation is 1. The second-order valence-electron chi connectivity index (χ2n) is 9.44. The molecule has 0 radical (unpaired) electrons. The van der Waals surface area contributed by atoms with Crippen LogP contribution in [0, 0.1) is 6.92 Å². The monoisotopic (exact) mass is 448 g/mol. The predicted octanol–water partition coefficient (Wildman–Crippen LogP) is 5.66.